The van der Waals surface area contributed by atoms with Gasteiger partial charge in [-0.1, -0.05) is 18.2 Å². The molecule has 2 aromatic carbocycles. The van der Waals surface area contributed by atoms with Crippen LogP contribution in [0.25, 0.3) is 0 Å². The molecule has 1 unspecified atom stereocenters. The summed E-state index contributed by atoms with van der Waals surface area (Å²) in [4.78, 5) is 0.757. The molecule has 0 bridgehead atoms. The molecule has 0 aromatic heterocycles. The third kappa shape index (κ3) is 3.49. The fraction of sp³-hybridized carbons (Fsp3) is 0.200. The molecule has 0 radical (unpaired) electrons. The molecule has 0 fully saturated rings. The van der Waals surface area contributed by atoms with E-state index in [1.807, 2.05) is 31.2 Å². The van der Waals surface area contributed by atoms with Crippen LogP contribution in [0.15, 0.2) is 47.4 Å². The van der Waals surface area contributed by atoms with Crippen LogP contribution in [0, 0.1) is 12.7 Å². The van der Waals surface area contributed by atoms with Gasteiger partial charge in [0.25, 0.3) is 0 Å². The highest BCUT2D eigenvalue weighted by atomic mass is 32.2. The van der Waals surface area contributed by atoms with Gasteiger partial charge >= 0.3 is 0 Å². The minimum atomic E-state index is -1.19. The molecule has 0 saturated heterocycles. The zero-order chi connectivity index (χ0) is 13.8. The van der Waals surface area contributed by atoms with Crippen molar-refractivity contribution in [1.29, 1.82) is 0 Å². The van der Waals surface area contributed by atoms with E-state index in [2.05, 4.69) is 0 Å². The van der Waals surface area contributed by atoms with Gasteiger partial charge in [-0.15, -0.1) is 0 Å². The first kappa shape index (κ1) is 13.9. The highest BCUT2D eigenvalue weighted by Crippen LogP contribution is 2.17. The molecule has 2 rings (SSSR count). The lowest BCUT2D eigenvalue weighted by Gasteiger charge is -2.08. The average molecular weight is 277 g/mol. The molecule has 0 amide bonds. The molecule has 0 spiro atoms. The zero-order valence-electron chi connectivity index (χ0n) is 10.7. The summed E-state index contributed by atoms with van der Waals surface area (Å²) in [5.74, 6) is -0.0401. The minimum Gasteiger partial charge on any atom is -0.326 e. The molecule has 2 nitrogen and oxygen atoms in total. The largest absolute Gasteiger partial charge is 0.326 e. The van der Waals surface area contributed by atoms with Crippen molar-refractivity contribution in [3.63, 3.8) is 0 Å². The standard InChI is InChI=1S/C15H16FNOS/c1-11-3-2-4-15(7-11)19(18)10-13-8-14(16)6-5-12(13)9-17/h2-8H,9-10,17H2,1H3. The number of benzene rings is 2. The summed E-state index contributed by atoms with van der Waals surface area (Å²) in [5.41, 5.74) is 8.22. The lowest BCUT2D eigenvalue weighted by Crippen LogP contribution is -2.05. The van der Waals surface area contributed by atoms with E-state index in [1.54, 1.807) is 6.07 Å². The first-order valence-corrected chi connectivity index (χ1v) is 7.34. The van der Waals surface area contributed by atoms with Gasteiger partial charge in [-0.25, -0.2) is 4.39 Å². The molecule has 100 valence electrons. The molecule has 1 atom stereocenters. The highest BCUT2D eigenvalue weighted by molar-refractivity contribution is 7.84. The van der Waals surface area contributed by atoms with Crippen molar-refractivity contribution in [3.8, 4) is 0 Å². The van der Waals surface area contributed by atoms with Gasteiger partial charge in [0.05, 0.1) is 16.6 Å². The Labute approximate surface area is 114 Å². The number of nitrogens with two attached hydrogens (primary N) is 1. The van der Waals surface area contributed by atoms with Gasteiger partial charge in [-0.3, -0.25) is 4.21 Å². The van der Waals surface area contributed by atoms with E-state index in [-0.39, 0.29) is 11.6 Å². The third-order valence-corrected chi connectivity index (χ3v) is 4.28. The number of hydrogen-bond donors (Lipinski definition) is 1. The summed E-state index contributed by atoms with van der Waals surface area (Å²) >= 11 is 0. The molecule has 19 heavy (non-hydrogen) atoms. The summed E-state index contributed by atoms with van der Waals surface area (Å²) in [6.45, 7) is 2.27. The molecule has 0 saturated carbocycles. The van der Waals surface area contributed by atoms with Gasteiger partial charge in [0, 0.05) is 11.4 Å². The van der Waals surface area contributed by atoms with E-state index in [4.69, 9.17) is 5.73 Å². The Morgan fingerprint density at radius 2 is 1.95 bits per heavy atom. The SMILES string of the molecule is Cc1cccc(S(=O)Cc2cc(F)ccc2CN)c1. The molecule has 0 aliphatic rings. The molecule has 0 aliphatic heterocycles. The Bertz CT molecular complexity index is 613. The van der Waals surface area contributed by atoms with Crippen molar-refractivity contribution in [2.45, 2.75) is 24.1 Å². The zero-order valence-corrected chi connectivity index (χ0v) is 11.5. The second-order valence-electron chi connectivity index (χ2n) is 4.42. The van der Waals surface area contributed by atoms with Gasteiger partial charge < -0.3 is 5.73 Å². The monoisotopic (exact) mass is 277 g/mol. The Morgan fingerprint density at radius 3 is 2.63 bits per heavy atom. The van der Waals surface area contributed by atoms with Crippen molar-refractivity contribution in [2.24, 2.45) is 5.73 Å². The van der Waals surface area contributed by atoms with E-state index in [1.165, 1.54) is 12.1 Å². The van der Waals surface area contributed by atoms with Crippen LogP contribution in [-0.2, 0) is 23.1 Å². The Hall–Kier alpha value is -1.52. The average Bonchev–Trinajstić information content (AvgIpc) is 2.39. The molecule has 0 aliphatic carbocycles. The second kappa shape index (κ2) is 6.08. The van der Waals surface area contributed by atoms with E-state index in [0.29, 0.717) is 12.1 Å². The predicted molar refractivity (Wildman–Crippen MR) is 75.6 cm³/mol. The first-order valence-electron chi connectivity index (χ1n) is 6.02. The van der Waals surface area contributed by atoms with Crippen LogP contribution in [0.1, 0.15) is 16.7 Å². The molecule has 2 N–H and O–H groups in total. The molecule has 0 heterocycles. The smallest absolute Gasteiger partial charge is 0.123 e. The number of halogens is 1. The fourth-order valence-electron chi connectivity index (χ4n) is 1.91. The lowest BCUT2D eigenvalue weighted by molar-refractivity contribution is 0.625. The van der Waals surface area contributed by atoms with Crippen LogP contribution in [0.5, 0.6) is 0 Å². The van der Waals surface area contributed by atoms with Crippen molar-refractivity contribution >= 4 is 10.8 Å². The van der Waals surface area contributed by atoms with Crippen LogP contribution < -0.4 is 5.73 Å². The maximum absolute atomic E-state index is 13.3. The summed E-state index contributed by atoms with van der Waals surface area (Å²) in [6.07, 6.45) is 0. The second-order valence-corrected chi connectivity index (χ2v) is 5.87. The van der Waals surface area contributed by atoms with Crippen LogP contribution in [0.3, 0.4) is 0 Å². The van der Waals surface area contributed by atoms with Gasteiger partial charge in [0.1, 0.15) is 5.82 Å². The van der Waals surface area contributed by atoms with E-state index < -0.39 is 10.8 Å². The Morgan fingerprint density at radius 1 is 1.16 bits per heavy atom. The lowest BCUT2D eigenvalue weighted by atomic mass is 10.1. The van der Waals surface area contributed by atoms with Crippen molar-refractivity contribution < 1.29 is 8.60 Å². The normalized spacial score (nSPS) is 12.4. The van der Waals surface area contributed by atoms with E-state index >= 15 is 0 Å². The van der Waals surface area contributed by atoms with E-state index in [0.717, 1.165) is 16.0 Å². The topological polar surface area (TPSA) is 43.1 Å². The van der Waals surface area contributed by atoms with Gasteiger partial charge in [-0.2, -0.15) is 0 Å². The van der Waals surface area contributed by atoms with Crippen molar-refractivity contribution in [2.75, 3.05) is 0 Å². The van der Waals surface area contributed by atoms with E-state index in [9.17, 15) is 8.60 Å². The molecule has 4 heteroatoms. The first-order chi connectivity index (χ1) is 9.10. The van der Waals surface area contributed by atoms with Crippen LogP contribution in [0.4, 0.5) is 4.39 Å². The van der Waals surface area contributed by atoms with Crippen molar-refractivity contribution in [3.05, 3.63) is 65.0 Å². The molecular formula is C15H16FNOS. The molecule has 2 aromatic rings. The van der Waals surface area contributed by atoms with Crippen molar-refractivity contribution in [1.82, 2.24) is 0 Å². The van der Waals surface area contributed by atoms with Crippen LogP contribution in [0.2, 0.25) is 0 Å². The Kier molecular flexibility index (Phi) is 4.45. The summed E-state index contributed by atoms with van der Waals surface area (Å²) < 4.78 is 25.6. The minimum absolute atomic E-state index is 0.285. The summed E-state index contributed by atoms with van der Waals surface area (Å²) in [7, 11) is -1.19. The summed E-state index contributed by atoms with van der Waals surface area (Å²) in [5, 5.41) is 0. The number of aryl methyl sites for hydroxylation is 1. The maximum Gasteiger partial charge on any atom is 0.123 e. The summed E-state index contributed by atoms with van der Waals surface area (Å²) in [6, 6.07) is 12.0. The number of rotatable bonds is 4. The van der Waals surface area contributed by atoms with Gasteiger partial charge in [0.15, 0.2) is 0 Å². The van der Waals surface area contributed by atoms with Crippen LogP contribution >= 0.6 is 0 Å². The van der Waals surface area contributed by atoms with Gasteiger partial charge in [-0.05, 0) is 47.9 Å². The third-order valence-electron chi connectivity index (χ3n) is 2.93. The maximum atomic E-state index is 13.3. The van der Waals surface area contributed by atoms with Gasteiger partial charge in [0.2, 0.25) is 0 Å². The fourth-order valence-corrected chi connectivity index (χ4v) is 3.18. The number of hydrogen-bond acceptors (Lipinski definition) is 2. The van der Waals surface area contributed by atoms with Crippen LogP contribution in [-0.4, -0.2) is 4.21 Å². The Balaban J connectivity index is 2.26. The quantitative estimate of drug-likeness (QED) is 0.933. The highest BCUT2D eigenvalue weighted by Gasteiger charge is 2.09. The predicted octanol–water partition coefficient (Wildman–Crippen LogP) is 2.90. The molecular weight excluding hydrogens is 261 g/mol.